The minimum Gasteiger partial charge on any atom is -0.381 e. The number of carbonyl (C=O) groups is 2. The summed E-state index contributed by atoms with van der Waals surface area (Å²) in [5, 5.41) is 4.34. The first kappa shape index (κ1) is 14.7. The molecule has 3 fully saturated rings. The third kappa shape index (κ3) is 2.53. The smallest absolute Gasteiger partial charge is 0.322 e. The van der Waals surface area contributed by atoms with Gasteiger partial charge in [-0.3, -0.25) is 10.1 Å². The summed E-state index contributed by atoms with van der Waals surface area (Å²) >= 11 is 0. The first-order valence-corrected chi connectivity index (χ1v) is 8.65. The topological polar surface area (TPSA) is 105 Å². The van der Waals surface area contributed by atoms with Gasteiger partial charge in [-0.15, -0.1) is 0 Å². The highest BCUT2D eigenvalue weighted by atomic mass is 32.2. The number of amides is 3. The Hall–Kier alpha value is -1.19. The molecule has 21 heavy (non-hydrogen) atoms. The summed E-state index contributed by atoms with van der Waals surface area (Å²) in [7, 11) is -3.47. The van der Waals surface area contributed by atoms with Crippen molar-refractivity contribution in [3.63, 3.8) is 0 Å². The Morgan fingerprint density at radius 3 is 2.57 bits per heavy atom. The van der Waals surface area contributed by atoms with E-state index in [1.54, 1.807) is 0 Å². The van der Waals surface area contributed by atoms with Gasteiger partial charge in [-0.05, 0) is 25.7 Å². The highest BCUT2D eigenvalue weighted by Crippen LogP contribution is 2.29. The third-order valence-electron chi connectivity index (χ3n) is 4.42. The lowest BCUT2D eigenvalue weighted by atomic mass is 9.90. The van der Waals surface area contributed by atoms with Gasteiger partial charge in [0, 0.05) is 26.3 Å². The van der Waals surface area contributed by atoms with Crippen molar-refractivity contribution in [3.05, 3.63) is 0 Å². The Labute approximate surface area is 123 Å². The summed E-state index contributed by atoms with van der Waals surface area (Å²) < 4.78 is 32.0. The summed E-state index contributed by atoms with van der Waals surface area (Å²) in [5.74, 6) is -0.431. The first-order chi connectivity index (χ1) is 9.94. The molecule has 0 aromatic rings. The molecule has 2 N–H and O–H groups in total. The predicted molar refractivity (Wildman–Crippen MR) is 73.0 cm³/mol. The minimum atomic E-state index is -3.47. The van der Waals surface area contributed by atoms with Crippen molar-refractivity contribution in [3.8, 4) is 0 Å². The molecule has 0 bridgehead atoms. The number of hydrogen-bond donors (Lipinski definition) is 2. The molecule has 1 unspecified atom stereocenters. The number of piperidine rings is 1. The fraction of sp³-hybridized carbons (Fsp3) is 0.833. The number of hydrogen-bond acceptors (Lipinski definition) is 5. The van der Waals surface area contributed by atoms with Crippen LogP contribution in [-0.2, 0) is 19.6 Å². The second kappa shape index (κ2) is 5.22. The number of rotatable bonds is 2. The molecule has 0 aromatic heterocycles. The van der Waals surface area contributed by atoms with Crippen LogP contribution in [0.1, 0.15) is 25.7 Å². The Kier molecular flexibility index (Phi) is 3.66. The molecule has 0 aromatic carbocycles. The van der Waals surface area contributed by atoms with Crippen molar-refractivity contribution >= 4 is 22.0 Å². The Bertz CT molecular complexity index is 557. The van der Waals surface area contributed by atoms with Crippen LogP contribution < -0.4 is 10.6 Å². The Morgan fingerprint density at radius 2 is 1.95 bits per heavy atom. The van der Waals surface area contributed by atoms with E-state index in [0.717, 1.165) is 0 Å². The zero-order valence-corrected chi connectivity index (χ0v) is 12.4. The number of sulfonamides is 1. The maximum absolute atomic E-state index is 12.7. The second-order valence-corrected chi connectivity index (χ2v) is 8.00. The van der Waals surface area contributed by atoms with Crippen LogP contribution in [0.5, 0.6) is 0 Å². The lowest BCUT2D eigenvalue weighted by Gasteiger charge is -2.39. The Balaban J connectivity index is 1.79. The van der Waals surface area contributed by atoms with E-state index in [2.05, 4.69) is 10.6 Å². The van der Waals surface area contributed by atoms with Crippen molar-refractivity contribution in [2.75, 3.05) is 26.3 Å². The molecule has 8 nitrogen and oxygen atoms in total. The fourth-order valence-electron chi connectivity index (χ4n) is 3.23. The largest absolute Gasteiger partial charge is 0.381 e. The van der Waals surface area contributed by atoms with Crippen LogP contribution in [-0.4, -0.2) is 61.8 Å². The summed E-state index contributed by atoms with van der Waals surface area (Å²) in [5.41, 5.74) is -1.10. The zero-order valence-electron chi connectivity index (χ0n) is 11.6. The van der Waals surface area contributed by atoms with E-state index >= 15 is 0 Å². The number of nitrogens with zero attached hydrogens (tertiary/aromatic N) is 1. The van der Waals surface area contributed by atoms with Crippen LogP contribution in [0.25, 0.3) is 0 Å². The van der Waals surface area contributed by atoms with E-state index in [1.807, 2.05) is 0 Å². The van der Waals surface area contributed by atoms with Crippen LogP contribution >= 0.6 is 0 Å². The molecule has 1 atom stereocenters. The van der Waals surface area contributed by atoms with E-state index in [4.69, 9.17) is 4.74 Å². The number of ether oxygens (including phenoxy) is 1. The molecule has 3 saturated heterocycles. The molecule has 0 saturated carbocycles. The maximum atomic E-state index is 12.7. The molecule has 3 aliphatic heterocycles. The molecule has 3 rings (SSSR count). The molecule has 9 heteroatoms. The number of urea groups is 1. The average Bonchev–Trinajstić information content (AvgIpc) is 2.73. The van der Waals surface area contributed by atoms with Crippen molar-refractivity contribution in [2.24, 2.45) is 0 Å². The molecular weight excluding hydrogens is 298 g/mol. The van der Waals surface area contributed by atoms with E-state index < -0.39 is 32.8 Å². The number of nitrogens with one attached hydrogen (secondary N) is 2. The van der Waals surface area contributed by atoms with E-state index in [0.29, 0.717) is 45.4 Å². The van der Waals surface area contributed by atoms with Crippen LogP contribution in [0.3, 0.4) is 0 Å². The Morgan fingerprint density at radius 1 is 1.24 bits per heavy atom. The highest BCUT2D eigenvalue weighted by molar-refractivity contribution is 7.89. The molecule has 3 heterocycles. The van der Waals surface area contributed by atoms with Crippen LogP contribution in [0.2, 0.25) is 0 Å². The van der Waals surface area contributed by atoms with Crippen LogP contribution in [0.4, 0.5) is 4.79 Å². The van der Waals surface area contributed by atoms with Gasteiger partial charge in [0.25, 0.3) is 5.91 Å². The fourth-order valence-corrected chi connectivity index (χ4v) is 5.23. The second-order valence-electron chi connectivity index (χ2n) is 5.78. The van der Waals surface area contributed by atoms with Gasteiger partial charge in [-0.1, -0.05) is 0 Å². The highest BCUT2D eigenvalue weighted by Gasteiger charge is 2.51. The van der Waals surface area contributed by atoms with Gasteiger partial charge in [-0.25, -0.2) is 13.2 Å². The molecule has 0 aliphatic carbocycles. The van der Waals surface area contributed by atoms with Gasteiger partial charge in [0.1, 0.15) is 5.54 Å². The lowest BCUT2D eigenvalue weighted by Crippen LogP contribution is -2.60. The monoisotopic (exact) mass is 317 g/mol. The van der Waals surface area contributed by atoms with Gasteiger partial charge in [0.05, 0.1) is 5.25 Å². The standard InChI is InChI=1S/C12H19N3O5S/c16-10-12(14-11(17)13-10)4-1-5-15(8-12)21(18,19)9-2-6-20-7-3-9/h9H,1-8H2,(H2,13,14,16,17). The van der Waals surface area contributed by atoms with Gasteiger partial charge in [0.15, 0.2) is 0 Å². The van der Waals surface area contributed by atoms with Crippen LogP contribution in [0.15, 0.2) is 0 Å². The van der Waals surface area contributed by atoms with Crippen molar-refractivity contribution in [1.29, 1.82) is 0 Å². The molecule has 1 spiro atoms. The lowest BCUT2D eigenvalue weighted by molar-refractivity contribution is -0.125. The van der Waals surface area contributed by atoms with Crippen LogP contribution in [0, 0.1) is 0 Å². The molecule has 3 aliphatic rings. The number of carbonyl (C=O) groups excluding carboxylic acids is 2. The SMILES string of the molecule is O=C1NC(=O)C2(CCCN(S(=O)(=O)C3CCOCC3)C2)N1. The summed E-state index contributed by atoms with van der Waals surface area (Å²) in [6.45, 7) is 1.30. The summed E-state index contributed by atoms with van der Waals surface area (Å²) in [6.07, 6.45) is 1.97. The number of imide groups is 1. The van der Waals surface area contributed by atoms with Gasteiger partial charge in [-0.2, -0.15) is 4.31 Å². The van der Waals surface area contributed by atoms with E-state index in [-0.39, 0.29) is 6.54 Å². The normalized spacial score (nSPS) is 32.2. The molecule has 0 radical (unpaired) electrons. The summed E-state index contributed by atoms with van der Waals surface area (Å²) in [6, 6.07) is -0.551. The third-order valence-corrected chi connectivity index (χ3v) is 6.77. The maximum Gasteiger partial charge on any atom is 0.322 e. The van der Waals surface area contributed by atoms with Crippen molar-refractivity contribution in [2.45, 2.75) is 36.5 Å². The van der Waals surface area contributed by atoms with Gasteiger partial charge >= 0.3 is 6.03 Å². The quantitative estimate of drug-likeness (QED) is 0.647. The van der Waals surface area contributed by atoms with Crippen molar-refractivity contribution in [1.82, 2.24) is 14.9 Å². The molecule has 3 amide bonds. The first-order valence-electron chi connectivity index (χ1n) is 7.14. The minimum absolute atomic E-state index is 0.0181. The summed E-state index contributed by atoms with van der Waals surface area (Å²) in [4.78, 5) is 23.3. The van der Waals surface area contributed by atoms with Gasteiger partial charge < -0.3 is 10.1 Å². The van der Waals surface area contributed by atoms with E-state index in [9.17, 15) is 18.0 Å². The molecular formula is C12H19N3O5S. The van der Waals surface area contributed by atoms with Crippen molar-refractivity contribution < 1.29 is 22.7 Å². The zero-order chi connectivity index (χ0) is 15.1. The predicted octanol–water partition coefficient (Wildman–Crippen LogP) is -0.831. The average molecular weight is 317 g/mol. The van der Waals surface area contributed by atoms with E-state index in [1.165, 1.54) is 4.31 Å². The van der Waals surface area contributed by atoms with Gasteiger partial charge in [0.2, 0.25) is 10.0 Å². The molecule has 118 valence electrons.